The van der Waals surface area contributed by atoms with E-state index in [0.29, 0.717) is 47.8 Å². The van der Waals surface area contributed by atoms with Crippen molar-refractivity contribution in [3.63, 3.8) is 0 Å². The van der Waals surface area contributed by atoms with Crippen molar-refractivity contribution in [1.82, 2.24) is 0 Å². The van der Waals surface area contributed by atoms with Crippen LogP contribution in [0.1, 0.15) is 31.8 Å². The van der Waals surface area contributed by atoms with Gasteiger partial charge in [-0.05, 0) is 6.07 Å². The minimum Gasteiger partial charge on any atom is -0.490 e. The first kappa shape index (κ1) is 18.3. The summed E-state index contributed by atoms with van der Waals surface area (Å²) in [5.41, 5.74) is 1.50. The van der Waals surface area contributed by atoms with Gasteiger partial charge in [-0.15, -0.1) is 0 Å². The van der Waals surface area contributed by atoms with Gasteiger partial charge in [-0.2, -0.15) is 0 Å². The van der Waals surface area contributed by atoms with Gasteiger partial charge in [-0.1, -0.05) is 36.4 Å². The molecule has 2 aromatic carbocycles. The van der Waals surface area contributed by atoms with Gasteiger partial charge < -0.3 is 19.3 Å². The van der Waals surface area contributed by atoms with Crippen molar-refractivity contribution in [3.8, 4) is 5.75 Å². The first-order valence-electron chi connectivity index (χ1n) is 8.44. The third-order valence-electron chi connectivity index (χ3n) is 4.01. The standard InChI is InChI=1S/C20H20O6/c21-8-9-24-10-11-25-12-13-26-17-7-3-6-16-18(17)20(23)15-5-2-1-4-14(15)19(16)22/h1-7,21H,8-13H2. The maximum Gasteiger partial charge on any atom is 0.198 e. The Kier molecular flexibility index (Phi) is 6.12. The average molecular weight is 356 g/mol. The molecular formula is C20H20O6. The van der Waals surface area contributed by atoms with E-state index in [4.69, 9.17) is 19.3 Å². The number of ketones is 2. The van der Waals surface area contributed by atoms with Gasteiger partial charge in [0.25, 0.3) is 0 Å². The second-order valence-electron chi connectivity index (χ2n) is 5.68. The Morgan fingerprint density at radius 2 is 1.31 bits per heavy atom. The first-order chi connectivity index (χ1) is 12.7. The van der Waals surface area contributed by atoms with Gasteiger partial charge in [0, 0.05) is 16.7 Å². The lowest BCUT2D eigenvalue weighted by atomic mass is 9.83. The number of aliphatic hydroxyl groups is 1. The van der Waals surface area contributed by atoms with Crippen LogP contribution >= 0.6 is 0 Å². The molecule has 0 fully saturated rings. The molecule has 0 radical (unpaired) electrons. The Morgan fingerprint density at radius 1 is 0.692 bits per heavy atom. The number of hydrogen-bond acceptors (Lipinski definition) is 6. The number of ether oxygens (including phenoxy) is 3. The molecule has 0 heterocycles. The highest BCUT2D eigenvalue weighted by Gasteiger charge is 2.31. The van der Waals surface area contributed by atoms with Crippen LogP contribution in [-0.4, -0.2) is 56.3 Å². The van der Waals surface area contributed by atoms with Crippen molar-refractivity contribution >= 4 is 11.6 Å². The number of carbonyl (C=O) groups is 2. The summed E-state index contributed by atoms with van der Waals surface area (Å²) < 4.78 is 16.1. The van der Waals surface area contributed by atoms with Crippen LogP contribution in [0.2, 0.25) is 0 Å². The van der Waals surface area contributed by atoms with Crippen molar-refractivity contribution in [2.45, 2.75) is 0 Å². The summed E-state index contributed by atoms with van der Waals surface area (Å²) in [5.74, 6) is 0.0116. The molecule has 3 rings (SSSR count). The summed E-state index contributed by atoms with van der Waals surface area (Å²) in [6.45, 7) is 1.63. The zero-order valence-corrected chi connectivity index (χ0v) is 14.3. The summed E-state index contributed by atoms with van der Waals surface area (Å²) in [6.07, 6.45) is 0. The summed E-state index contributed by atoms with van der Waals surface area (Å²) >= 11 is 0. The molecule has 0 saturated heterocycles. The summed E-state index contributed by atoms with van der Waals surface area (Å²) in [4.78, 5) is 25.5. The van der Waals surface area contributed by atoms with E-state index in [1.807, 2.05) is 0 Å². The van der Waals surface area contributed by atoms with Gasteiger partial charge in [0.2, 0.25) is 0 Å². The number of carbonyl (C=O) groups excluding carboxylic acids is 2. The monoisotopic (exact) mass is 356 g/mol. The van der Waals surface area contributed by atoms with Crippen LogP contribution in [-0.2, 0) is 9.47 Å². The van der Waals surface area contributed by atoms with E-state index in [0.717, 1.165) is 0 Å². The molecule has 0 spiro atoms. The second kappa shape index (κ2) is 8.71. The van der Waals surface area contributed by atoms with Crippen LogP contribution in [0.4, 0.5) is 0 Å². The third kappa shape index (κ3) is 3.83. The third-order valence-corrected chi connectivity index (χ3v) is 4.01. The van der Waals surface area contributed by atoms with Crippen molar-refractivity contribution in [3.05, 3.63) is 64.7 Å². The van der Waals surface area contributed by atoms with Crippen molar-refractivity contribution in [2.75, 3.05) is 39.6 Å². The zero-order valence-electron chi connectivity index (χ0n) is 14.3. The molecule has 0 aliphatic heterocycles. The van der Waals surface area contributed by atoms with E-state index in [9.17, 15) is 9.59 Å². The molecule has 0 atom stereocenters. The fraction of sp³-hybridized carbons (Fsp3) is 0.300. The fourth-order valence-electron chi connectivity index (χ4n) is 2.83. The Bertz CT molecular complexity index is 799. The Hall–Kier alpha value is -2.54. The van der Waals surface area contributed by atoms with Crippen LogP contribution in [0.15, 0.2) is 42.5 Å². The van der Waals surface area contributed by atoms with Crippen LogP contribution in [0, 0.1) is 0 Å². The lowest BCUT2D eigenvalue weighted by Gasteiger charge is -2.20. The SMILES string of the molecule is O=C1c2ccccc2C(=O)c2c(OCCOCCOCCO)cccc21. The molecule has 136 valence electrons. The minimum atomic E-state index is -0.205. The molecule has 26 heavy (non-hydrogen) atoms. The van der Waals surface area contributed by atoms with Crippen LogP contribution < -0.4 is 4.74 Å². The molecule has 1 aliphatic carbocycles. The first-order valence-corrected chi connectivity index (χ1v) is 8.44. The highest BCUT2D eigenvalue weighted by molar-refractivity contribution is 6.29. The van der Waals surface area contributed by atoms with Crippen LogP contribution in [0.25, 0.3) is 0 Å². The Balaban J connectivity index is 1.64. The van der Waals surface area contributed by atoms with Crippen LogP contribution in [0.3, 0.4) is 0 Å². The molecule has 1 N–H and O–H groups in total. The molecule has 6 nitrogen and oxygen atoms in total. The highest BCUT2D eigenvalue weighted by atomic mass is 16.5. The van der Waals surface area contributed by atoms with Crippen molar-refractivity contribution < 1.29 is 28.9 Å². The van der Waals surface area contributed by atoms with Crippen LogP contribution in [0.5, 0.6) is 5.75 Å². The molecule has 1 aliphatic rings. The van der Waals surface area contributed by atoms with Gasteiger partial charge in [0.05, 0.1) is 38.6 Å². The summed E-state index contributed by atoms with van der Waals surface area (Å²) in [7, 11) is 0. The summed E-state index contributed by atoms with van der Waals surface area (Å²) in [6, 6.07) is 11.8. The normalized spacial score (nSPS) is 12.7. The molecule has 0 bridgehead atoms. The van der Waals surface area contributed by atoms with Gasteiger partial charge in [0.1, 0.15) is 12.4 Å². The van der Waals surface area contributed by atoms with E-state index in [-0.39, 0.29) is 31.4 Å². The number of fused-ring (bicyclic) bond motifs is 2. The largest absolute Gasteiger partial charge is 0.490 e. The van der Waals surface area contributed by atoms with E-state index >= 15 is 0 Å². The highest BCUT2D eigenvalue weighted by Crippen LogP contribution is 2.33. The predicted octanol–water partition coefficient (Wildman–Crippen LogP) is 1.87. The average Bonchev–Trinajstić information content (AvgIpc) is 2.68. The topological polar surface area (TPSA) is 82.1 Å². The fourth-order valence-corrected chi connectivity index (χ4v) is 2.83. The van der Waals surface area contributed by atoms with E-state index < -0.39 is 0 Å². The smallest absolute Gasteiger partial charge is 0.198 e. The van der Waals surface area contributed by atoms with Gasteiger partial charge in [-0.3, -0.25) is 9.59 Å². The van der Waals surface area contributed by atoms with E-state index in [1.54, 1.807) is 42.5 Å². The zero-order chi connectivity index (χ0) is 18.4. The Labute approximate surface area is 151 Å². The molecule has 0 aromatic heterocycles. The quantitative estimate of drug-likeness (QED) is 0.590. The number of rotatable bonds is 9. The molecular weight excluding hydrogens is 336 g/mol. The lowest BCUT2D eigenvalue weighted by Crippen LogP contribution is -2.22. The van der Waals surface area contributed by atoms with Gasteiger partial charge in [0.15, 0.2) is 11.6 Å². The van der Waals surface area contributed by atoms with Gasteiger partial charge in [-0.25, -0.2) is 0 Å². The maximum absolute atomic E-state index is 12.8. The molecule has 2 aromatic rings. The minimum absolute atomic E-state index is 0.0158. The second-order valence-corrected chi connectivity index (χ2v) is 5.68. The van der Waals surface area contributed by atoms with Gasteiger partial charge >= 0.3 is 0 Å². The summed E-state index contributed by atoms with van der Waals surface area (Å²) in [5, 5.41) is 8.59. The van der Waals surface area contributed by atoms with Crippen molar-refractivity contribution in [2.24, 2.45) is 0 Å². The Morgan fingerprint density at radius 3 is 2.04 bits per heavy atom. The molecule has 0 amide bonds. The maximum atomic E-state index is 12.8. The number of benzene rings is 2. The lowest BCUT2D eigenvalue weighted by molar-refractivity contribution is 0.0246. The molecule has 0 saturated carbocycles. The van der Waals surface area contributed by atoms with E-state index in [1.165, 1.54) is 0 Å². The number of aliphatic hydroxyl groups excluding tert-OH is 1. The van der Waals surface area contributed by atoms with E-state index in [2.05, 4.69) is 0 Å². The molecule has 0 unspecified atom stereocenters. The molecule has 6 heteroatoms. The predicted molar refractivity (Wildman–Crippen MR) is 94.0 cm³/mol. The number of hydrogen-bond donors (Lipinski definition) is 1. The van der Waals surface area contributed by atoms with Crippen molar-refractivity contribution in [1.29, 1.82) is 0 Å².